The maximum absolute atomic E-state index is 5.72. The molecule has 3 nitrogen and oxygen atoms in total. The molecule has 3 heteroatoms. The summed E-state index contributed by atoms with van der Waals surface area (Å²) in [5, 5.41) is 0. The van der Waals surface area contributed by atoms with Gasteiger partial charge >= 0.3 is 0 Å². The van der Waals surface area contributed by atoms with Gasteiger partial charge in [0, 0.05) is 25.5 Å². The van der Waals surface area contributed by atoms with Crippen molar-refractivity contribution >= 4 is 0 Å². The van der Waals surface area contributed by atoms with Crippen molar-refractivity contribution in [1.82, 2.24) is 9.88 Å². The van der Waals surface area contributed by atoms with Crippen molar-refractivity contribution in [1.29, 1.82) is 0 Å². The van der Waals surface area contributed by atoms with Gasteiger partial charge in [0.2, 0.25) is 0 Å². The zero-order valence-corrected chi connectivity index (χ0v) is 13.0. The Morgan fingerprint density at radius 1 is 1.00 bits per heavy atom. The average molecular weight is 283 g/mol. The van der Waals surface area contributed by atoms with E-state index in [0.717, 1.165) is 19.6 Å². The number of pyridine rings is 1. The van der Waals surface area contributed by atoms with Gasteiger partial charge in [-0.1, -0.05) is 38.1 Å². The lowest BCUT2D eigenvalue weighted by Crippen LogP contribution is -2.22. The van der Waals surface area contributed by atoms with Crippen LogP contribution in [0.2, 0.25) is 0 Å². The highest BCUT2D eigenvalue weighted by atomic mass is 15.1. The zero-order valence-electron chi connectivity index (χ0n) is 13.0. The third-order valence-electron chi connectivity index (χ3n) is 3.91. The summed E-state index contributed by atoms with van der Waals surface area (Å²) < 4.78 is 0. The topological polar surface area (TPSA) is 42.2 Å². The molecule has 21 heavy (non-hydrogen) atoms. The van der Waals surface area contributed by atoms with Crippen LogP contribution in [0.15, 0.2) is 48.8 Å². The number of aromatic nitrogens is 1. The minimum Gasteiger partial charge on any atom is -0.330 e. The molecular weight excluding hydrogens is 258 g/mol. The van der Waals surface area contributed by atoms with E-state index in [1.807, 2.05) is 12.4 Å². The standard InChI is InChI=1S/C18H25N3/c1-3-21(14-17-8-10-20-11-9-17)13-16-4-6-18(7-5-16)15(2)12-19/h4-11,15H,3,12-14,19H2,1-2H3. The third kappa shape index (κ3) is 4.66. The molecule has 2 rings (SSSR count). The molecule has 0 radical (unpaired) electrons. The summed E-state index contributed by atoms with van der Waals surface area (Å²) in [6.07, 6.45) is 3.71. The van der Waals surface area contributed by atoms with Crippen molar-refractivity contribution in [2.75, 3.05) is 13.1 Å². The van der Waals surface area contributed by atoms with Gasteiger partial charge < -0.3 is 5.73 Å². The second-order valence-electron chi connectivity index (χ2n) is 5.54. The molecule has 2 N–H and O–H groups in total. The molecule has 0 saturated carbocycles. The Morgan fingerprint density at radius 2 is 1.57 bits per heavy atom. The number of rotatable bonds is 7. The Labute approximate surface area is 127 Å². The minimum atomic E-state index is 0.429. The molecule has 0 aliphatic carbocycles. The molecule has 0 aliphatic rings. The van der Waals surface area contributed by atoms with Crippen molar-refractivity contribution in [2.45, 2.75) is 32.9 Å². The predicted molar refractivity (Wildman–Crippen MR) is 87.9 cm³/mol. The number of nitrogens with zero attached hydrogens (tertiary/aromatic N) is 2. The number of hydrogen-bond donors (Lipinski definition) is 1. The lowest BCUT2D eigenvalue weighted by atomic mass is 10.00. The van der Waals surface area contributed by atoms with E-state index in [9.17, 15) is 0 Å². The van der Waals surface area contributed by atoms with Gasteiger partial charge in [-0.3, -0.25) is 9.88 Å². The summed E-state index contributed by atoms with van der Waals surface area (Å²) in [6, 6.07) is 13.0. The van der Waals surface area contributed by atoms with Crippen LogP contribution in [0.3, 0.4) is 0 Å². The molecule has 2 aromatic rings. The van der Waals surface area contributed by atoms with Crippen LogP contribution >= 0.6 is 0 Å². The number of hydrogen-bond acceptors (Lipinski definition) is 3. The normalized spacial score (nSPS) is 12.6. The molecule has 112 valence electrons. The first kappa shape index (κ1) is 15.7. The van der Waals surface area contributed by atoms with Crippen LogP contribution < -0.4 is 5.73 Å². The molecule has 0 bridgehead atoms. The summed E-state index contributed by atoms with van der Waals surface area (Å²) in [5.41, 5.74) is 9.69. The first-order valence-corrected chi connectivity index (χ1v) is 7.63. The van der Waals surface area contributed by atoms with Gasteiger partial charge in [0.25, 0.3) is 0 Å². The number of benzene rings is 1. The van der Waals surface area contributed by atoms with Crippen LogP contribution in [-0.2, 0) is 13.1 Å². The summed E-state index contributed by atoms with van der Waals surface area (Å²) in [7, 11) is 0. The van der Waals surface area contributed by atoms with Crippen molar-refractivity contribution in [3.63, 3.8) is 0 Å². The van der Waals surface area contributed by atoms with Crippen LogP contribution in [0.5, 0.6) is 0 Å². The van der Waals surface area contributed by atoms with Crippen molar-refractivity contribution in [3.05, 3.63) is 65.5 Å². The first-order valence-electron chi connectivity index (χ1n) is 7.63. The van der Waals surface area contributed by atoms with Gasteiger partial charge in [-0.25, -0.2) is 0 Å². The summed E-state index contributed by atoms with van der Waals surface area (Å²) in [4.78, 5) is 6.50. The quantitative estimate of drug-likeness (QED) is 0.848. The summed E-state index contributed by atoms with van der Waals surface area (Å²) in [5.74, 6) is 0.429. The van der Waals surface area contributed by atoms with Crippen molar-refractivity contribution in [2.24, 2.45) is 5.73 Å². The molecule has 0 saturated heterocycles. The minimum absolute atomic E-state index is 0.429. The van der Waals surface area contributed by atoms with Crippen LogP contribution in [0.1, 0.15) is 36.5 Å². The SMILES string of the molecule is CCN(Cc1ccncc1)Cc1ccc(C(C)CN)cc1. The zero-order chi connectivity index (χ0) is 15.1. The Balaban J connectivity index is 1.98. The van der Waals surface area contributed by atoms with E-state index in [1.54, 1.807) is 0 Å². The van der Waals surface area contributed by atoms with Gasteiger partial charge in [0.15, 0.2) is 0 Å². The smallest absolute Gasteiger partial charge is 0.0271 e. The second-order valence-corrected chi connectivity index (χ2v) is 5.54. The van der Waals surface area contributed by atoms with E-state index in [1.165, 1.54) is 16.7 Å². The van der Waals surface area contributed by atoms with Gasteiger partial charge in [0.05, 0.1) is 0 Å². The third-order valence-corrected chi connectivity index (χ3v) is 3.91. The van der Waals surface area contributed by atoms with Crippen LogP contribution in [0.4, 0.5) is 0 Å². The molecule has 0 fully saturated rings. The molecule has 1 heterocycles. The van der Waals surface area contributed by atoms with Gasteiger partial charge in [-0.15, -0.1) is 0 Å². The molecular formula is C18H25N3. The summed E-state index contributed by atoms with van der Waals surface area (Å²) in [6.45, 7) is 8.02. The Morgan fingerprint density at radius 3 is 2.10 bits per heavy atom. The molecule has 0 spiro atoms. The fourth-order valence-electron chi connectivity index (χ4n) is 2.37. The Kier molecular flexibility index (Phi) is 5.90. The lowest BCUT2D eigenvalue weighted by molar-refractivity contribution is 0.271. The highest BCUT2D eigenvalue weighted by Gasteiger charge is 2.07. The van der Waals surface area contributed by atoms with E-state index in [2.05, 4.69) is 60.1 Å². The van der Waals surface area contributed by atoms with E-state index >= 15 is 0 Å². The van der Waals surface area contributed by atoms with Gasteiger partial charge in [-0.2, -0.15) is 0 Å². The van der Waals surface area contributed by atoms with E-state index in [4.69, 9.17) is 5.73 Å². The molecule has 1 unspecified atom stereocenters. The van der Waals surface area contributed by atoms with Gasteiger partial charge in [0.1, 0.15) is 0 Å². The maximum atomic E-state index is 5.72. The number of nitrogens with two attached hydrogens (primary N) is 1. The molecule has 0 aliphatic heterocycles. The van der Waals surface area contributed by atoms with E-state index in [-0.39, 0.29) is 0 Å². The Bertz CT molecular complexity index is 522. The van der Waals surface area contributed by atoms with Crippen LogP contribution in [-0.4, -0.2) is 23.0 Å². The predicted octanol–water partition coefficient (Wildman–Crippen LogP) is 3.17. The van der Waals surface area contributed by atoms with Crippen molar-refractivity contribution in [3.8, 4) is 0 Å². The second kappa shape index (κ2) is 7.91. The molecule has 0 amide bonds. The highest BCUT2D eigenvalue weighted by Crippen LogP contribution is 2.16. The monoisotopic (exact) mass is 283 g/mol. The van der Waals surface area contributed by atoms with Crippen molar-refractivity contribution < 1.29 is 0 Å². The lowest BCUT2D eigenvalue weighted by Gasteiger charge is -2.21. The first-order chi connectivity index (χ1) is 10.2. The van der Waals surface area contributed by atoms with Crippen LogP contribution in [0, 0.1) is 0 Å². The maximum Gasteiger partial charge on any atom is 0.0271 e. The summed E-state index contributed by atoms with van der Waals surface area (Å²) >= 11 is 0. The molecule has 1 aromatic carbocycles. The Hall–Kier alpha value is -1.71. The van der Waals surface area contributed by atoms with Crippen LogP contribution in [0.25, 0.3) is 0 Å². The average Bonchev–Trinajstić information content (AvgIpc) is 2.55. The molecule has 1 aromatic heterocycles. The van der Waals surface area contributed by atoms with Gasteiger partial charge in [-0.05, 0) is 47.8 Å². The fraction of sp³-hybridized carbons (Fsp3) is 0.389. The molecule has 1 atom stereocenters. The highest BCUT2D eigenvalue weighted by molar-refractivity contribution is 5.25. The fourth-order valence-corrected chi connectivity index (χ4v) is 2.37. The largest absolute Gasteiger partial charge is 0.330 e. The van der Waals surface area contributed by atoms with E-state index < -0.39 is 0 Å². The van der Waals surface area contributed by atoms with E-state index in [0.29, 0.717) is 12.5 Å².